The first kappa shape index (κ1) is 16.5. The van der Waals surface area contributed by atoms with Crippen molar-refractivity contribution in [2.24, 2.45) is 0 Å². The monoisotopic (exact) mass is 325 g/mol. The summed E-state index contributed by atoms with van der Waals surface area (Å²) in [5.74, 6) is 1.91. The molecule has 0 saturated heterocycles. The summed E-state index contributed by atoms with van der Waals surface area (Å²) >= 11 is 0. The van der Waals surface area contributed by atoms with Crippen LogP contribution in [0.4, 0.5) is 0 Å². The Morgan fingerprint density at radius 1 is 0.800 bits per heavy atom. The van der Waals surface area contributed by atoms with E-state index in [-0.39, 0.29) is 0 Å². The molecule has 0 aliphatic heterocycles. The number of nitrogens with zero attached hydrogens (tertiary/aromatic N) is 3. The summed E-state index contributed by atoms with van der Waals surface area (Å²) in [4.78, 5) is 14.0. The molecule has 122 valence electrons. The maximum Gasteiger partial charge on any atom is 0.164 e. The molecule has 0 fully saturated rings. The molecule has 25 heavy (non-hydrogen) atoms. The van der Waals surface area contributed by atoms with Crippen LogP contribution in [0.5, 0.6) is 0 Å². The number of rotatable bonds is 5. The molecule has 0 radical (unpaired) electrons. The zero-order valence-electron chi connectivity index (χ0n) is 14.1. The van der Waals surface area contributed by atoms with E-state index < -0.39 is 0 Å². The van der Waals surface area contributed by atoms with E-state index in [4.69, 9.17) is 0 Å². The van der Waals surface area contributed by atoms with E-state index in [1.165, 1.54) is 0 Å². The van der Waals surface area contributed by atoms with Gasteiger partial charge < -0.3 is 0 Å². The van der Waals surface area contributed by atoms with Gasteiger partial charge in [0.15, 0.2) is 17.5 Å². The Morgan fingerprint density at radius 3 is 1.76 bits per heavy atom. The SMILES string of the molecule is C=C/C(=C\C=C/C)c1nc(-c2ccccc2)nc(-c2ccccc2)n1. The second-order valence-corrected chi connectivity index (χ2v) is 5.39. The molecule has 0 aliphatic rings. The van der Waals surface area contributed by atoms with Crippen LogP contribution in [-0.4, -0.2) is 15.0 Å². The molecule has 0 bridgehead atoms. The first-order chi connectivity index (χ1) is 12.3. The Morgan fingerprint density at radius 2 is 1.32 bits per heavy atom. The maximum atomic E-state index is 4.67. The molecule has 0 aliphatic carbocycles. The smallest absolute Gasteiger partial charge is 0.164 e. The van der Waals surface area contributed by atoms with Gasteiger partial charge in [0.1, 0.15) is 0 Å². The number of benzene rings is 2. The minimum absolute atomic E-state index is 0.612. The van der Waals surface area contributed by atoms with E-state index in [0.29, 0.717) is 17.5 Å². The minimum Gasteiger partial charge on any atom is -0.208 e. The van der Waals surface area contributed by atoms with Gasteiger partial charge in [0.2, 0.25) is 0 Å². The molecule has 0 unspecified atom stereocenters. The number of hydrogen-bond donors (Lipinski definition) is 0. The van der Waals surface area contributed by atoms with Crippen LogP contribution in [0.15, 0.2) is 91.5 Å². The first-order valence-corrected chi connectivity index (χ1v) is 8.14. The summed E-state index contributed by atoms with van der Waals surface area (Å²) < 4.78 is 0. The van der Waals surface area contributed by atoms with Gasteiger partial charge in [-0.3, -0.25) is 0 Å². The molecule has 3 aromatic rings. The Labute approximate surface area is 148 Å². The van der Waals surface area contributed by atoms with Gasteiger partial charge in [0.05, 0.1) is 0 Å². The molecule has 3 nitrogen and oxygen atoms in total. The van der Waals surface area contributed by atoms with Gasteiger partial charge in [-0.2, -0.15) is 0 Å². The molecule has 3 rings (SSSR count). The van der Waals surface area contributed by atoms with Gasteiger partial charge in [-0.15, -0.1) is 0 Å². The van der Waals surface area contributed by atoms with Crippen LogP contribution in [0, 0.1) is 0 Å². The van der Waals surface area contributed by atoms with Crippen LogP contribution < -0.4 is 0 Å². The minimum atomic E-state index is 0.612. The Hall–Kier alpha value is -3.33. The Kier molecular flexibility index (Phi) is 5.27. The molecular formula is C22H19N3. The van der Waals surface area contributed by atoms with E-state index in [9.17, 15) is 0 Å². The van der Waals surface area contributed by atoms with Crippen molar-refractivity contribution >= 4 is 5.57 Å². The van der Waals surface area contributed by atoms with Crippen molar-refractivity contribution in [3.05, 3.63) is 97.4 Å². The summed E-state index contributed by atoms with van der Waals surface area (Å²) in [6, 6.07) is 19.9. The van der Waals surface area contributed by atoms with Crippen molar-refractivity contribution in [1.82, 2.24) is 15.0 Å². The summed E-state index contributed by atoms with van der Waals surface area (Å²) in [5.41, 5.74) is 2.77. The van der Waals surface area contributed by atoms with Crippen LogP contribution in [-0.2, 0) is 0 Å². The zero-order chi connectivity index (χ0) is 17.5. The first-order valence-electron chi connectivity index (χ1n) is 8.14. The van der Waals surface area contributed by atoms with Gasteiger partial charge in [-0.05, 0) is 6.92 Å². The second kappa shape index (κ2) is 7.97. The predicted octanol–water partition coefficient (Wildman–Crippen LogP) is 5.35. The van der Waals surface area contributed by atoms with E-state index >= 15 is 0 Å². The number of aromatic nitrogens is 3. The van der Waals surface area contributed by atoms with Crippen molar-refractivity contribution in [2.75, 3.05) is 0 Å². The highest BCUT2D eigenvalue weighted by atomic mass is 15.0. The fraction of sp³-hybridized carbons (Fsp3) is 0.0455. The van der Waals surface area contributed by atoms with E-state index in [1.807, 2.05) is 85.8 Å². The van der Waals surface area contributed by atoms with Crippen LogP contribution >= 0.6 is 0 Å². The highest BCUT2D eigenvalue weighted by molar-refractivity contribution is 5.73. The quantitative estimate of drug-likeness (QED) is 0.593. The van der Waals surface area contributed by atoms with Crippen LogP contribution in [0.1, 0.15) is 12.7 Å². The lowest BCUT2D eigenvalue weighted by atomic mass is 10.1. The van der Waals surface area contributed by atoms with Crippen molar-refractivity contribution in [3.8, 4) is 22.8 Å². The highest BCUT2D eigenvalue weighted by Gasteiger charge is 2.11. The van der Waals surface area contributed by atoms with Crippen molar-refractivity contribution < 1.29 is 0 Å². The van der Waals surface area contributed by atoms with E-state index in [0.717, 1.165) is 16.7 Å². The summed E-state index contributed by atoms with van der Waals surface area (Å²) in [6.07, 6.45) is 7.62. The van der Waals surface area contributed by atoms with Gasteiger partial charge in [-0.1, -0.05) is 91.5 Å². The molecule has 2 aromatic carbocycles. The third-order valence-electron chi connectivity index (χ3n) is 3.65. The number of hydrogen-bond acceptors (Lipinski definition) is 3. The average Bonchev–Trinajstić information content (AvgIpc) is 2.70. The van der Waals surface area contributed by atoms with Crippen molar-refractivity contribution in [1.29, 1.82) is 0 Å². The standard InChI is InChI=1S/C22H19N3/c1-3-5-12-17(4-2)20-23-21(18-13-8-6-9-14-18)25-22(24-20)19-15-10-7-11-16-19/h3-16H,2H2,1H3/b5-3-,17-12+. The van der Waals surface area contributed by atoms with E-state index in [2.05, 4.69) is 21.5 Å². The Balaban J connectivity index is 2.20. The van der Waals surface area contributed by atoms with Crippen LogP contribution in [0.3, 0.4) is 0 Å². The third-order valence-corrected chi connectivity index (χ3v) is 3.65. The molecule has 0 amide bonds. The molecule has 0 saturated carbocycles. The molecule has 1 aromatic heterocycles. The summed E-state index contributed by atoms with van der Waals surface area (Å²) in [7, 11) is 0. The average molecular weight is 325 g/mol. The molecule has 0 atom stereocenters. The van der Waals surface area contributed by atoms with Gasteiger partial charge >= 0.3 is 0 Å². The highest BCUT2D eigenvalue weighted by Crippen LogP contribution is 2.22. The second-order valence-electron chi connectivity index (χ2n) is 5.39. The fourth-order valence-electron chi connectivity index (χ4n) is 2.37. The predicted molar refractivity (Wildman–Crippen MR) is 104 cm³/mol. The lowest BCUT2D eigenvalue weighted by Crippen LogP contribution is -2.02. The molecule has 0 N–H and O–H groups in total. The Bertz CT molecular complexity index is 853. The van der Waals surface area contributed by atoms with Gasteiger partial charge in [0, 0.05) is 16.7 Å². The zero-order valence-corrected chi connectivity index (χ0v) is 14.1. The maximum absolute atomic E-state index is 4.67. The lowest BCUT2D eigenvalue weighted by Gasteiger charge is -2.08. The van der Waals surface area contributed by atoms with Crippen molar-refractivity contribution in [2.45, 2.75) is 6.92 Å². The largest absolute Gasteiger partial charge is 0.208 e. The summed E-state index contributed by atoms with van der Waals surface area (Å²) in [6.45, 7) is 5.86. The normalized spacial score (nSPS) is 11.6. The fourth-order valence-corrected chi connectivity index (χ4v) is 2.37. The van der Waals surface area contributed by atoms with Gasteiger partial charge in [-0.25, -0.2) is 15.0 Å². The topological polar surface area (TPSA) is 38.7 Å². The van der Waals surface area contributed by atoms with Gasteiger partial charge in [0.25, 0.3) is 0 Å². The molecule has 1 heterocycles. The third kappa shape index (κ3) is 3.96. The van der Waals surface area contributed by atoms with Crippen molar-refractivity contribution in [3.63, 3.8) is 0 Å². The molecule has 0 spiro atoms. The summed E-state index contributed by atoms with van der Waals surface area (Å²) in [5, 5.41) is 0. The van der Waals surface area contributed by atoms with Crippen LogP contribution in [0.2, 0.25) is 0 Å². The van der Waals surface area contributed by atoms with E-state index in [1.54, 1.807) is 6.08 Å². The van der Waals surface area contributed by atoms with Crippen LogP contribution in [0.25, 0.3) is 28.3 Å². The molecular weight excluding hydrogens is 306 g/mol. The molecule has 3 heteroatoms. The number of allylic oxidation sites excluding steroid dienone is 5. The lowest BCUT2D eigenvalue weighted by molar-refractivity contribution is 1.04.